The van der Waals surface area contributed by atoms with Gasteiger partial charge in [-0.3, -0.25) is 0 Å². The molecule has 0 aliphatic carbocycles. The highest BCUT2D eigenvalue weighted by Gasteiger charge is 2.10. The van der Waals surface area contributed by atoms with E-state index in [4.69, 9.17) is 11.6 Å². The van der Waals surface area contributed by atoms with E-state index < -0.39 is 0 Å². The van der Waals surface area contributed by atoms with Crippen LogP contribution in [-0.2, 0) is 13.0 Å². The molecule has 0 saturated carbocycles. The smallest absolute Gasteiger partial charge is 0.0406 e. The van der Waals surface area contributed by atoms with Crippen LogP contribution >= 0.6 is 22.9 Å². The number of aryl methyl sites for hydroxylation is 1. The van der Waals surface area contributed by atoms with Crippen molar-refractivity contribution in [3.63, 3.8) is 0 Å². The van der Waals surface area contributed by atoms with Crippen molar-refractivity contribution in [2.75, 3.05) is 0 Å². The van der Waals surface area contributed by atoms with E-state index in [2.05, 4.69) is 43.4 Å². The van der Waals surface area contributed by atoms with E-state index in [-0.39, 0.29) is 0 Å². The SMILES string of the molecule is CCCC(NCc1ccc(CC)s1)c1ccc(Cl)cc1. The predicted molar refractivity (Wildman–Crippen MR) is 89.6 cm³/mol. The molecule has 20 heavy (non-hydrogen) atoms. The van der Waals surface area contributed by atoms with Crippen LogP contribution in [-0.4, -0.2) is 0 Å². The fourth-order valence-corrected chi connectivity index (χ4v) is 3.34. The van der Waals surface area contributed by atoms with E-state index in [1.54, 1.807) is 0 Å². The first-order valence-corrected chi connectivity index (χ1v) is 8.48. The third-order valence-corrected chi connectivity index (χ3v) is 4.92. The van der Waals surface area contributed by atoms with Gasteiger partial charge in [0.1, 0.15) is 0 Å². The maximum atomic E-state index is 5.97. The van der Waals surface area contributed by atoms with Crippen molar-refractivity contribution in [3.05, 3.63) is 56.7 Å². The number of hydrogen-bond donors (Lipinski definition) is 1. The first-order valence-electron chi connectivity index (χ1n) is 7.29. The average Bonchev–Trinajstić information content (AvgIpc) is 2.92. The summed E-state index contributed by atoms with van der Waals surface area (Å²) in [7, 11) is 0. The van der Waals surface area contributed by atoms with Crippen LogP contribution in [0.4, 0.5) is 0 Å². The number of thiophene rings is 1. The first kappa shape index (κ1) is 15.6. The lowest BCUT2D eigenvalue weighted by atomic mass is 10.0. The van der Waals surface area contributed by atoms with Gasteiger partial charge in [-0.15, -0.1) is 11.3 Å². The molecule has 1 atom stereocenters. The molecule has 2 aromatic rings. The minimum Gasteiger partial charge on any atom is -0.305 e. The molecule has 0 bridgehead atoms. The van der Waals surface area contributed by atoms with Crippen LogP contribution in [0, 0.1) is 0 Å². The Bertz CT molecular complexity index is 518. The third kappa shape index (κ3) is 4.34. The van der Waals surface area contributed by atoms with Crippen molar-refractivity contribution in [1.29, 1.82) is 0 Å². The molecular weight excluding hydrogens is 286 g/mol. The molecule has 1 heterocycles. The summed E-state index contributed by atoms with van der Waals surface area (Å²) in [5, 5.41) is 4.48. The normalized spacial score (nSPS) is 12.6. The van der Waals surface area contributed by atoms with Gasteiger partial charge in [-0.05, 0) is 42.7 Å². The molecule has 1 aromatic carbocycles. The fraction of sp³-hybridized carbons (Fsp3) is 0.412. The van der Waals surface area contributed by atoms with Crippen molar-refractivity contribution in [2.45, 2.75) is 45.7 Å². The van der Waals surface area contributed by atoms with E-state index >= 15 is 0 Å². The Morgan fingerprint density at radius 1 is 1.05 bits per heavy atom. The summed E-state index contributed by atoms with van der Waals surface area (Å²) in [6, 6.07) is 13.1. The maximum absolute atomic E-state index is 5.97. The Morgan fingerprint density at radius 3 is 2.35 bits per heavy atom. The predicted octanol–water partition coefficient (Wildman–Crippen LogP) is 5.59. The van der Waals surface area contributed by atoms with Gasteiger partial charge in [-0.1, -0.05) is 44.0 Å². The molecule has 2 rings (SSSR count). The van der Waals surface area contributed by atoms with Gasteiger partial charge in [-0.2, -0.15) is 0 Å². The van der Waals surface area contributed by atoms with Crippen molar-refractivity contribution in [2.24, 2.45) is 0 Å². The molecule has 1 aromatic heterocycles. The van der Waals surface area contributed by atoms with E-state index in [1.807, 2.05) is 23.5 Å². The van der Waals surface area contributed by atoms with E-state index in [9.17, 15) is 0 Å². The molecule has 0 aliphatic rings. The minimum atomic E-state index is 0.407. The van der Waals surface area contributed by atoms with Crippen LogP contribution in [0.5, 0.6) is 0 Å². The Hall–Kier alpha value is -0.830. The van der Waals surface area contributed by atoms with Crippen LogP contribution in [0.2, 0.25) is 5.02 Å². The quantitative estimate of drug-likeness (QED) is 0.702. The van der Waals surface area contributed by atoms with E-state index in [0.29, 0.717) is 6.04 Å². The molecule has 0 saturated heterocycles. The molecular formula is C17H22ClNS. The van der Waals surface area contributed by atoms with Crippen LogP contribution in [0.15, 0.2) is 36.4 Å². The number of nitrogens with one attached hydrogen (secondary N) is 1. The zero-order valence-corrected chi connectivity index (χ0v) is 13.7. The highest BCUT2D eigenvalue weighted by molar-refractivity contribution is 7.11. The number of benzene rings is 1. The van der Waals surface area contributed by atoms with Crippen molar-refractivity contribution in [1.82, 2.24) is 5.32 Å². The van der Waals surface area contributed by atoms with Gasteiger partial charge in [0.25, 0.3) is 0 Å². The van der Waals surface area contributed by atoms with Gasteiger partial charge < -0.3 is 5.32 Å². The van der Waals surface area contributed by atoms with Crippen LogP contribution in [0.3, 0.4) is 0 Å². The lowest BCUT2D eigenvalue weighted by molar-refractivity contribution is 0.496. The van der Waals surface area contributed by atoms with E-state index in [0.717, 1.165) is 24.4 Å². The molecule has 3 heteroatoms. The second kappa shape index (κ2) is 7.82. The summed E-state index contributed by atoms with van der Waals surface area (Å²) in [6.07, 6.45) is 3.44. The summed E-state index contributed by atoms with van der Waals surface area (Å²) in [5.74, 6) is 0. The van der Waals surface area contributed by atoms with Crippen LogP contribution < -0.4 is 5.32 Å². The summed E-state index contributed by atoms with van der Waals surface area (Å²) in [5.41, 5.74) is 1.32. The second-order valence-corrected chi connectivity index (χ2v) is 6.68. The molecule has 0 amide bonds. The summed E-state index contributed by atoms with van der Waals surface area (Å²) < 4.78 is 0. The summed E-state index contributed by atoms with van der Waals surface area (Å²) >= 11 is 7.87. The van der Waals surface area contributed by atoms with Gasteiger partial charge in [0.05, 0.1) is 0 Å². The Balaban J connectivity index is 2.00. The number of rotatable bonds is 7. The van der Waals surface area contributed by atoms with Crippen molar-refractivity contribution in [3.8, 4) is 0 Å². The first-order chi connectivity index (χ1) is 9.72. The summed E-state index contributed by atoms with van der Waals surface area (Å²) in [6.45, 7) is 5.37. The standard InChI is InChI=1S/C17H22ClNS/c1-3-5-17(13-6-8-14(18)9-7-13)19-12-16-11-10-15(4-2)20-16/h6-11,17,19H,3-5,12H2,1-2H3. The largest absolute Gasteiger partial charge is 0.305 e. The molecule has 0 radical (unpaired) electrons. The molecule has 108 valence electrons. The van der Waals surface area contributed by atoms with E-state index in [1.165, 1.54) is 21.7 Å². The molecule has 1 N–H and O–H groups in total. The molecule has 0 fully saturated rings. The zero-order valence-electron chi connectivity index (χ0n) is 12.2. The monoisotopic (exact) mass is 307 g/mol. The van der Waals surface area contributed by atoms with Gasteiger partial charge in [0.15, 0.2) is 0 Å². The average molecular weight is 308 g/mol. The van der Waals surface area contributed by atoms with Crippen molar-refractivity contribution >= 4 is 22.9 Å². The minimum absolute atomic E-state index is 0.407. The Kier molecular flexibility index (Phi) is 6.08. The van der Waals surface area contributed by atoms with Crippen LogP contribution in [0.25, 0.3) is 0 Å². The Morgan fingerprint density at radius 2 is 1.75 bits per heavy atom. The van der Waals surface area contributed by atoms with Gasteiger partial charge in [0, 0.05) is 27.4 Å². The van der Waals surface area contributed by atoms with Crippen LogP contribution in [0.1, 0.15) is 48.0 Å². The fourth-order valence-electron chi connectivity index (χ4n) is 2.30. The molecule has 0 spiro atoms. The third-order valence-electron chi connectivity index (χ3n) is 3.44. The number of hydrogen-bond acceptors (Lipinski definition) is 2. The highest BCUT2D eigenvalue weighted by atomic mass is 35.5. The van der Waals surface area contributed by atoms with Gasteiger partial charge >= 0.3 is 0 Å². The lowest BCUT2D eigenvalue weighted by Crippen LogP contribution is -2.20. The number of halogens is 1. The molecule has 1 nitrogen and oxygen atoms in total. The lowest BCUT2D eigenvalue weighted by Gasteiger charge is -2.18. The topological polar surface area (TPSA) is 12.0 Å². The maximum Gasteiger partial charge on any atom is 0.0406 e. The van der Waals surface area contributed by atoms with Gasteiger partial charge in [0.2, 0.25) is 0 Å². The molecule has 0 aliphatic heterocycles. The van der Waals surface area contributed by atoms with Gasteiger partial charge in [-0.25, -0.2) is 0 Å². The highest BCUT2D eigenvalue weighted by Crippen LogP contribution is 2.23. The Labute approximate surface area is 131 Å². The van der Waals surface area contributed by atoms with Crippen molar-refractivity contribution < 1.29 is 0 Å². The summed E-state index contributed by atoms with van der Waals surface area (Å²) in [4.78, 5) is 2.87. The second-order valence-electron chi connectivity index (χ2n) is 5.00. The molecule has 1 unspecified atom stereocenters. The zero-order chi connectivity index (χ0) is 14.4.